The van der Waals surface area contributed by atoms with E-state index in [1.807, 2.05) is 23.9 Å². The normalized spacial score (nSPS) is 20.4. The topological polar surface area (TPSA) is 0 Å². The average Bonchev–Trinajstić information content (AvgIpc) is 2.37. The Morgan fingerprint density at radius 3 is 2.21 bits per heavy atom. The van der Waals surface area contributed by atoms with Crippen LogP contribution in [0.5, 0.6) is 0 Å². The van der Waals surface area contributed by atoms with E-state index in [2.05, 4.69) is 38.3 Å². The van der Waals surface area contributed by atoms with Crippen LogP contribution in [0.15, 0.2) is 40.1 Å². The fraction of sp³-hybridized carbons (Fsp3) is 0.529. The summed E-state index contributed by atoms with van der Waals surface area (Å²) in [7, 11) is 0. The molecule has 0 bridgehead atoms. The number of hydrogen-bond donors (Lipinski definition) is 0. The number of thioether (sulfide) groups is 1. The molecule has 0 aliphatic heterocycles. The SMILES string of the molecule is CC(C)(C)C1CCC(=CSc2ccc(Cl)cc2)CC1. The molecule has 0 atom stereocenters. The Bertz CT molecular complexity index is 429. The van der Waals surface area contributed by atoms with Crippen LogP contribution in [0.1, 0.15) is 46.5 Å². The summed E-state index contributed by atoms with van der Waals surface area (Å²) in [5, 5.41) is 3.16. The minimum absolute atomic E-state index is 0.467. The van der Waals surface area contributed by atoms with Gasteiger partial charge in [-0.1, -0.05) is 49.7 Å². The molecule has 0 radical (unpaired) electrons. The zero-order chi connectivity index (χ0) is 13.9. The third kappa shape index (κ3) is 4.57. The van der Waals surface area contributed by atoms with Gasteiger partial charge in [0.2, 0.25) is 0 Å². The largest absolute Gasteiger partial charge is 0.0981 e. The van der Waals surface area contributed by atoms with Gasteiger partial charge in [0.25, 0.3) is 0 Å². The van der Waals surface area contributed by atoms with Gasteiger partial charge in [0.05, 0.1) is 0 Å². The molecule has 104 valence electrons. The van der Waals surface area contributed by atoms with Crippen molar-refractivity contribution < 1.29 is 0 Å². The highest BCUT2D eigenvalue weighted by Crippen LogP contribution is 2.40. The molecule has 0 heterocycles. The molecule has 2 rings (SSSR count). The maximum atomic E-state index is 5.89. The molecule has 0 aromatic heterocycles. The second-order valence-corrected chi connectivity index (χ2v) is 7.87. The Labute approximate surface area is 126 Å². The van der Waals surface area contributed by atoms with Crippen molar-refractivity contribution in [2.45, 2.75) is 51.3 Å². The Morgan fingerprint density at radius 1 is 1.11 bits per heavy atom. The molecule has 2 heteroatoms. The van der Waals surface area contributed by atoms with E-state index in [1.165, 1.54) is 30.6 Å². The van der Waals surface area contributed by atoms with Gasteiger partial charge in [0.1, 0.15) is 0 Å². The minimum atomic E-state index is 0.467. The van der Waals surface area contributed by atoms with Gasteiger partial charge in [-0.3, -0.25) is 0 Å². The first-order chi connectivity index (χ1) is 8.95. The van der Waals surface area contributed by atoms with Gasteiger partial charge in [0.15, 0.2) is 0 Å². The molecular formula is C17H23ClS. The first-order valence-corrected chi connectivity index (χ1v) is 8.31. The van der Waals surface area contributed by atoms with Crippen molar-refractivity contribution in [2.24, 2.45) is 11.3 Å². The van der Waals surface area contributed by atoms with Crippen LogP contribution < -0.4 is 0 Å². The van der Waals surface area contributed by atoms with Gasteiger partial charge in [-0.25, -0.2) is 0 Å². The maximum Gasteiger partial charge on any atom is 0.0406 e. The summed E-state index contributed by atoms with van der Waals surface area (Å²) in [6.07, 6.45) is 5.22. The zero-order valence-corrected chi connectivity index (χ0v) is 13.7. The molecule has 1 saturated carbocycles. The van der Waals surface area contributed by atoms with Crippen LogP contribution in [-0.2, 0) is 0 Å². The van der Waals surface area contributed by atoms with Crippen molar-refractivity contribution in [1.82, 2.24) is 0 Å². The Kier molecular flexibility index (Phi) is 5.03. The van der Waals surface area contributed by atoms with Crippen LogP contribution >= 0.6 is 23.4 Å². The number of hydrogen-bond acceptors (Lipinski definition) is 1. The molecule has 0 N–H and O–H groups in total. The molecule has 1 fully saturated rings. The van der Waals surface area contributed by atoms with Gasteiger partial charge >= 0.3 is 0 Å². The van der Waals surface area contributed by atoms with Crippen LogP contribution in [0, 0.1) is 11.3 Å². The van der Waals surface area contributed by atoms with E-state index >= 15 is 0 Å². The predicted octanol–water partition coefficient (Wildman–Crippen LogP) is 6.55. The molecule has 0 unspecified atom stereocenters. The van der Waals surface area contributed by atoms with Crippen molar-refractivity contribution in [1.29, 1.82) is 0 Å². The highest BCUT2D eigenvalue weighted by Gasteiger charge is 2.27. The van der Waals surface area contributed by atoms with Crippen LogP contribution in [0.25, 0.3) is 0 Å². The lowest BCUT2D eigenvalue weighted by Gasteiger charge is -2.34. The smallest absolute Gasteiger partial charge is 0.0406 e. The minimum Gasteiger partial charge on any atom is -0.0981 e. The lowest BCUT2D eigenvalue weighted by molar-refractivity contribution is 0.197. The first kappa shape index (κ1) is 15.0. The molecule has 1 aromatic rings. The average molecular weight is 295 g/mol. The fourth-order valence-corrected chi connectivity index (χ4v) is 3.59. The molecular weight excluding hydrogens is 272 g/mol. The molecule has 0 saturated heterocycles. The third-order valence-electron chi connectivity index (χ3n) is 4.03. The van der Waals surface area contributed by atoms with E-state index in [1.54, 1.807) is 5.57 Å². The maximum absolute atomic E-state index is 5.89. The quantitative estimate of drug-likeness (QED) is 0.557. The van der Waals surface area contributed by atoms with E-state index in [-0.39, 0.29) is 0 Å². The van der Waals surface area contributed by atoms with E-state index in [9.17, 15) is 0 Å². The fourth-order valence-electron chi connectivity index (χ4n) is 2.64. The molecule has 0 nitrogen and oxygen atoms in total. The summed E-state index contributed by atoms with van der Waals surface area (Å²) in [4.78, 5) is 1.27. The van der Waals surface area contributed by atoms with Crippen molar-refractivity contribution in [2.75, 3.05) is 0 Å². The van der Waals surface area contributed by atoms with E-state index in [0.29, 0.717) is 5.41 Å². The van der Waals surface area contributed by atoms with Gasteiger partial charge in [-0.15, -0.1) is 0 Å². The Balaban J connectivity index is 1.87. The van der Waals surface area contributed by atoms with Crippen LogP contribution in [0.4, 0.5) is 0 Å². The highest BCUT2D eigenvalue weighted by molar-refractivity contribution is 8.02. The second kappa shape index (κ2) is 6.37. The molecule has 1 aromatic carbocycles. The lowest BCUT2D eigenvalue weighted by atomic mass is 9.71. The van der Waals surface area contributed by atoms with E-state index in [0.717, 1.165) is 10.9 Å². The summed E-state index contributed by atoms with van der Waals surface area (Å²) in [6.45, 7) is 7.11. The van der Waals surface area contributed by atoms with Crippen LogP contribution in [-0.4, -0.2) is 0 Å². The molecule has 1 aliphatic rings. The lowest BCUT2D eigenvalue weighted by Crippen LogP contribution is -2.23. The number of halogens is 1. The Morgan fingerprint density at radius 2 is 1.68 bits per heavy atom. The summed E-state index contributed by atoms with van der Waals surface area (Å²) < 4.78 is 0. The highest BCUT2D eigenvalue weighted by atomic mass is 35.5. The molecule has 0 amide bonds. The van der Waals surface area contributed by atoms with Crippen molar-refractivity contribution in [3.8, 4) is 0 Å². The Hall–Kier alpha value is -0.400. The zero-order valence-electron chi connectivity index (χ0n) is 12.1. The number of rotatable bonds is 2. The number of allylic oxidation sites excluding steroid dienone is 1. The standard InChI is InChI=1S/C17H23ClS/c1-17(2,3)14-6-4-13(5-7-14)12-19-16-10-8-15(18)9-11-16/h8-12,14H,4-7H2,1-3H3. The van der Waals surface area contributed by atoms with Crippen LogP contribution in [0.2, 0.25) is 5.02 Å². The molecule has 0 spiro atoms. The van der Waals surface area contributed by atoms with E-state index in [4.69, 9.17) is 11.6 Å². The molecule has 1 aliphatic carbocycles. The third-order valence-corrected chi connectivity index (χ3v) is 5.28. The summed E-state index contributed by atoms with van der Waals surface area (Å²) in [5.41, 5.74) is 2.08. The van der Waals surface area contributed by atoms with Gasteiger partial charge in [0, 0.05) is 9.92 Å². The first-order valence-electron chi connectivity index (χ1n) is 7.05. The molecule has 19 heavy (non-hydrogen) atoms. The summed E-state index contributed by atoms with van der Waals surface area (Å²) >= 11 is 7.72. The number of benzene rings is 1. The van der Waals surface area contributed by atoms with Gasteiger partial charge < -0.3 is 0 Å². The second-order valence-electron chi connectivity index (χ2n) is 6.49. The van der Waals surface area contributed by atoms with Crippen molar-refractivity contribution in [3.05, 3.63) is 40.3 Å². The monoisotopic (exact) mass is 294 g/mol. The predicted molar refractivity (Wildman–Crippen MR) is 86.8 cm³/mol. The summed E-state index contributed by atoms with van der Waals surface area (Å²) in [5.74, 6) is 0.880. The van der Waals surface area contributed by atoms with Crippen molar-refractivity contribution >= 4 is 23.4 Å². The summed E-state index contributed by atoms with van der Waals surface area (Å²) in [6, 6.07) is 8.09. The van der Waals surface area contributed by atoms with Crippen LogP contribution in [0.3, 0.4) is 0 Å². The van der Waals surface area contributed by atoms with Gasteiger partial charge in [-0.05, 0) is 66.7 Å². The van der Waals surface area contributed by atoms with Crippen molar-refractivity contribution in [3.63, 3.8) is 0 Å². The van der Waals surface area contributed by atoms with Gasteiger partial charge in [-0.2, -0.15) is 0 Å². The van der Waals surface area contributed by atoms with E-state index < -0.39 is 0 Å².